The number of hydrogen-bond acceptors (Lipinski definition) is 3. The van der Waals surface area contributed by atoms with Crippen LogP contribution in [0.3, 0.4) is 0 Å². The van der Waals surface area contributed by atoms with Crippen LogP contribution in [0.1, 0.15) is 18.1 Å². The number of hydrazone groups is 1. The zero-order valence-electron chi connectivity index (χ0n) is 12.3. The van der Waals surface area contributed by atoms with Gasteiger partial charge in [0.2, 0.25) is 0 Å². The first kappa shape index (κ1) is 14.8. The van der Waals surface area contributed by atoms with Gasteiger partial charge < -0.3 is 4.74 Å². The van der Waals surface area contributed by atoms with E-state index in [-0.39, 0.29) is 5.82 Å². The number of carbonyl (C=O) groups excluding carboxylic acids is 1. The maximum absolute atomic E-state index is 13.1. The van der Waals surface area contributed by atoms with E-state index in [1.165, 1.54) is 12.1 Å². The molecule has 1 atom stereocenters. The van der Waals surface area contributed by atoms with Gasteiger partial charge >= 0.3 is 6.09 Å². The highest BCUT2D eigenvalue weighted by atomic mass is 19.1. The lowest BCUT2D eigenvalue weighted by Gasteiger charge is -2.20. The number of benzene rings is 2. The molecule has 0 bridgehead atoms. The molecule has 0 unspecified atom stereocenters. The van der Waals surface area contributed by atoms with Crippen LogP contribution >= 0.6 is 0 Å². The topological polar surface area (TPSA) is 50.7 Å². The molecule has 1 heterocycles. The lowest BCUT2D eigenvalue weighted by Crippen LogP contribution is -2.37. The molecule has 3 rings (SSSR count). The van der Waals surface area contributed by atoms with Gasteiger partial charge in [0.15, 0.2) is 0 Å². The molecule has 0 aromatic heterocycles. The molecule has 1 aliphatic rings. The van der Waals surface area contributed by atoms with Crippen LogP contribution in [-0.4, -0.2) is 17.9 Å². The summed E-state index contributed by atoms with van der Waals surface area (Å²) >= 11 is 0. The number of nitrogens with zero attached hydrogens (tertiary/aromatic N) is 1. The Morgan fingerprint density at radius 2 is 1.91 bits per heavy atom. The Hall–Kier alpha value is -3.13. The average Bonchev–Trinajstić information content (AvgIpc) is 2.55. The number of cyclic esters (lactones) is 1. The van der Waals surface area contributed by atoms with Gasteiger partial charge in [-0.25, -0.2) is 14.6 Å². The van der Waals surface area contributed by atoms with Crippen molar-refractivity contribution in [3.8, 4) is 23.5 Å². The van der Waals surface area contributed by atoms with Crippen molar-refractivity contribution < 1.29 is 13.9 Å². The summed E-state index contributed by atoms with van der Waals surface area (Å²) in [4.78, 5) is 11.1. The largest absolute Gasteiger partial charge is 0.439 e. The van der Waals surface area contributed by atoms with Gasteiger partial charge in [0.1, 0.15) is 17.6 Å². The number of ether oxygens (including phenoxy) is 1. The molecule has 0 fully saturated rings. The van der Waals surface area contributed by atoms with Crippen molar-refractivity contribution in [1.82, 2.24) is 5.43 Å². The van der Waals surface area contributed by atoms with Crippen LogP contribution in [0.5, 0.6) is 0 Å². The minimum atomic E-state index is -0.582. The number of hydrogen-bond donors (Lipinski definition) is 1. The minimum Gasteiger partial charge on any atom is -0.439 e. The monoisotopic (exact) mass is 308 g/mol. The SMILES string of the molecule is C#Cc1cc(C2=NNC(=O)O[C@H]2C)ccc1-c1ccc(F)cc1. The van der Waals surface area contributed by atoms with Crippen LogP contribution < -0.4 is 5.43 Å². The third-order valence-corrected chi connectivity index (χ3v) is 3.56. The second-order valence-corrected chi connectivity index (χ2v) is 5.07. The van der Waals surface area contributed by atoms with E-state index in [0.29, 0.717) is 11.3 Å². The summed E-state index contributed by atoms with van der Waals surface area (Å²) in [5, 5.41) is 4.03. The second-order valence-electron chi connectivity index (χ2n) is 5.07. The molecule has 5 heteroatoms. The molecule has 0 saturated carbocycles. The second kappa shape index (κ2) is 5.93. The van der Waals surface area contributed by atoms with Crippen LogP contribution in [0.15, 0.2) is 47.6 Å². The lowest BCUT2D eigenvalue weighted by molar-refractivity contribution is 0.127. The smallest absolute Gasteiger partial charge is 0.428 e. The van der Waals surface area contributed by atoms with E-state index in [4.69, 9.17) is 11.2 Å². The summed E-state index contributed by atoms with van der Waals surface area (Å²) in [5.41, 5.74) is 5.94. The Bertz CT molecular complexity index is 835. The van der Waals surface area contributed by atoms with Crippen LogP contribution in [-0.2, 0) is 4.74 Å². The number of terminal acetylenes is 1. The van der Waals surface area contributed by atoms with Crippen molar-refractivity contribution in [3.63, 3.8) is 0 Å². The molecule has 1 aliphatic heterocycles. The summed E-state index contributed by atoms with van der Waals surface area (Å²) in [6, 6.07) is 11.6. The molecule has 1 N–H and O–H groups in total. The fourth-order valence-electron chi connectivity index (χ4n) is 2.44. The first-order valence-corrected chi connectivity index (χ1v) is 6.99. The number of carbonyl (C=O) groups is 1. The highest BCUT2D eigenvalue weighted by Gasteiger charge is 2.23. The normalized spacial score (nSPS) is 16.8. The first-order valence-electron chi connectivity index (χ1n) is 6.99. The van der Waals surface area contributed by atoms with E-state index in [0.717, 1.165) is 16.7 Å². The lowest BCUT2D eigenvalue weighted by atomic mass is 9.95. The molecule has 23 heavy (non-hydrogen) atoms. The van der Waals surface area contributed by atoms with Crippen molar-refractivity contribution >= 4 is 11.8 Å². The summed E-state index contributed by atoms with van der Waals surface area (Å²) in [6.07, 6.45) is 4.56. The number of nitrogens with one attached hydrogen (secondary N) is 1. The summed E-state index contributed by atoms with van der Waals surface area (Å²) in [7, 11) is 0. The number of rotatable bonds is 2. The predicted molar refractivity (Wildman–Crippen MR) is 85.4 cm³/mol. The van der Waals surface area contributed by atoms with E-state index >= 15 is 0 Å². The molecule has 2 aromatic carbocycles. The molecule has 0 spiro atoms. The van der Waals surface area contributed by atoms with Crippen molar-refractivity contribution in [2.45, 2.75) is 13.0 Å². The quantitative estimate of drug-likeness (QED) is 0.865. The summed E-state index contributed by atoms with van der Waals surface area (Å²) in [5.74, 6) is 2.33. The first-order chi connectivity index (χ1) is 11.1. The van der Waals surface area contributed by atoms with E-state index in [1.54, 1.807) is 25.1 Å². The van der Waals surface area contributed by atoms with Gasteiger partial charge in [0.25, 0.3) is 0 Å². The zero-order valence-corrected chi connectivity index (χ0v) is 12.3. The Labute approximate surface area is 133 Å². The Morgan fingerprint density at radius 3 is 2.57 bits per heavy atom. The number of halogens is 1. The molecular formula is C18H13FN2O2. The van der Waals surface area contributed by atoms with Gasteiger partial charge in [-0.15, -0.1) is 6.42 Å². The maximum Gasteiger partial charge on any atom is 0.428 e. The van der Waals surface area contributed by atoms with Gasteiger partial charge in [0.05, 0.1) is 0 Å². The van der Waals surface area contributed by atoms with E-state index in [9.17, 15) is 9.18 Å². The average molecular weight is 308 g/mol. The minimum absolute atomic E-state index is 0.300. The molecular weight excluding hydrogens is 295 g/mol. The van der Waals surface area contributed by atoms with Gasteiger partial charge in [-0.1, -0.05) is 30.2 Å². The Balaban J connectivity index is 2.02. The summed E-state index contributed by atoms with van der Waals surface area (Å²) in [6.45, 7) is 1.74. The standard InChI is InChI=1S/C18H13FN2O2/c1-3-12-10-14(17-11(2)23-18(22)21-20-17)6-9-16(12)13-4-7-15(19)8-5-13/h1,4-11H,2H3,(H,21,22)/t11-/m0/s1. The van der Waals surface area contributed by atoms with Gasteiger partial charge in [0, 0.05) is 11.1 Å². The van der Waals surface area contributed by atoms with Crippen molar-refractivity contribution in [1.29, 1.82) is 0 Å². The third kappa shape index (κ3) is 2.92. The van der Waals surface area contributed by atoms with Crippen LogP contribution in [0.25, 0.3) is 11.1 Å². The van der Waals surface area contributed by atoms with Gasteiger partial charge in [-0.05, 0) is 36.2 Å². The Morgan fingerprint density at radius 1 is 1.22 bits per heavy atom. The molecule has 2 aromatic rings. The van der Waals surface area contributed by atoms with Crippen LogP contribution in [0.2, 0.25) is 0 Å². The van der Waals surface area contributed by atoms with Crippen molar-refractivity contribution in [2.75, 3.05) is 0 Å². The third-order valence-electron chi connectivity index (χ3n) is 3.56. The van der Waals surface area contributed by atoms with Crippen molar-refractivity contribution in [3.05, 3.63) is 59.4 Å². The molecule has 4 nitrogen and oxygen atoms in total. The summed E-state index contributed by atoms with van der Waals surface area (Å²) < 4.78 is 18.1. The molecule has 114 valence electrons. The Kier molecular flexibility index (Phi) is 3.82. The van der Waals surface area contributed by atoms with E-state index in [2.05, 4.69) is 16.4 Å². The highest BCUT2D eigenvalue weighted by Crippen LogP contribution is 2.25. The zero-order chi connectivity index (χ0) is 16.4. The van der Waals surface area contributed by atoms with Gasteiger partial charge in [-0.3, -0.25) is 0 Å². The van der Waals surface area contributed by atoms with Gasteiger partial charge in [-0.2, -0.15) is 5.10 Å². The van der Waals surface area contributed by atoms with Crippen molar-refractivity contribution in [2.24, 2.45) is 5.10 Å². The fraction of sp³-hybridized carbons (Fsp3) is 0.111. The molecule has 1 amide bonds. The number of amides is 1. The molecule has 0 aliphatic carbocycles. The molecule has 0 radical (unpaired) electrons. The maximum atomic E-state index is 13.1. The van der Waals surface area contributed by atoms with E-state index in [1.807, 2.05) is 12.1 Å². The molecule has 0 saturated heterocycles. The van der Waals surface area contributed by atoms with E-state index < -0.39 is 12.2 Å². The predicted octanol–water partition coefficient (Wildman–Crippen LogP) is 3.31. The highest BCUT2D eigenvalue weighted by molar-refractivity contribution is 6.06. The van der Waals surface area contributed by atoms with Crippen LogP contribution in [0.4, 0.5) is 9.18 Å². The fourth-order valence-corrected chi connectivity index (χ4v) is 2.44. The van der Waals surface area contributed by atoms with Crippen LogP contribution in [0, 0.1) is 18.2 Å².